The van der Waals surface area contributed by atoms with Crippen LogP contribution in [0, 0.1) is 5.92 Å². The third kappa shape index (κ3) is 3.88. The molecule has 1 amide bonds. The standard InChI is InChI=1S/C20H21ClN2O3S/c1-27(25,26)23-10-9-16-14(12-23)3-2-4-19(16)22-20(24)18-11-17(18)13-5-7-15(21)8-6-13/h2-8,17-18H,9-12H2,1H3,(H,22,24). The highest BCUT2D eigenvalue weighted by atomic mass is 35.5. The van der Waals surface area contributed by atoms with Crippen LogP contribution < -0.4 is 5.32 Å². The van der Waals surface area contributed by atoms with Gasteiger partial charge in [0.1, 0.15) is 0 Å². The number of benzene rings is 2. The van der Waals surface area contributed by atoms with Gasteiger partial charge in [-0.25, -0.2) is 8.42 Å². The van der Waals surface area contributed by atoms with Crippen molar-refractivity contribution in [3.05, 3.63) is 64.2 Å². The van der Waals surface area contributed by atoms with Crippen LogP contribution in [0.3, 0.4) is 0 Å². The molecule has 2 aliphatic rings. The molecular weight excluding hydrogens is 384 g/mol. The third-order valence-electron chi connectivity index (χ3n) is 5.38. The number of carbonyl (C=O) groups is 1. The maximum atomic E-state index is 12.7. The second-order valence-corrected chi connectivity index (χ2v) is 9.70. The van der Waals surface area contributed by atoms with Crippen molar-refractivity contribution in [1.82, 2.24) is 4.31 Å². The fraction of sp³-hybridized carbons (Fsp3) is 0.350. The van der Waals surface area contributed by atoms with Gasteiger partial charge in [0.2, 0.25) is 15.9 Å². The van der Waals surface area contributed by atoms with Gasteiger partial charge in [-0.2, -0.15) is 4.31 Å². The number of anilines is 1. The summed E-state index contributed by atoms with van der Waals surface area (Å²) in [7, 11) is -3.21. The summed E-state index contributed by atoms with van der Waals surface area (Å²) in [6.07, 6.45) is 2.67. The second kappa shape index (κ2) is 6.93. The van der Waals surface area contributed by atoms with Gasteiger partial charge in [0, 0.05) is 29.7 Å². The van der Waals surface area contributed by atoms with Crippen molar-refractivity contribution < 1.29 is 13.2 Å². The molecule has 1 heterocycles. The van der Waals surface area contributed by atoms with Crippen molar-refractivity contribution in [1.29, 1.82) is 0 Å². The summed E-state index contributed by atoms with van der Waals surface area (Å²) < 4.78 is 25.1. The number of carbonyl (C=O) groups excluding carboxylic acids is 1. The smallest absolute Gasteiger partial charge is 0.228 e. The summed E-state index contributed by atoms with van der Waals surface area (Å²) >= 11 is 5.93. The number of sulfonamides is 1. The molecule has 2 aromatic rings. The molecule has 2 atom stereocenters. The molecule has 1 fully saturated rings. The molecule has 0 aromatic heterocycles. The van der Waals surface area contributed by atoms with Gasteiger partial charge in [0.25, 0.3) is 0 Å². The molecule has 1 saturated carbocycles. The first-order valence-corrected chi connectivity index (χ1v) is 11.2. The van der Waals surface area contributed by atoms with Crippen molar-refractivity contribution in [2.24, 2.45) is 5.92 Å². The number of amides is 1. The average molecular weight is 405 g/mol. The Balaban J connectivity index is 1.47. The predicted octanol–water partition coefficient (Wildman–Crippen LogP) is 3.40. The van der Waals surface area contributed by atoms with E-state index in [1.807, 2.05) is 42.5 Å². The first kappa shape index (κ1) is 18.5. The number of halogens is 1. The van der Waals surface area contributed by atoms with Crippen molar-refractivity contribution >= 4 is 33.2 Å². The highest BCUT2D eigenvalue weighted by molar-refractivity contribution is 7.88. The molecule has 5 nitrogen and oxygen atoms in total. The van der Waals surface area contributed by atoms with Gasteiger partial charge < -0.3 is 5.32 Å². The molecule has 27 heavy (non-hydrogen) atoms. The van der Waals surface area contributed by atoms with E-state index >= 15 is 0 Å². The lowest BCUT2D eigenvalue weighted by Gasteiger charge is -2.28. The summed E-state index contributed by atoms with van der Waals surface area (Å²) in [5, 5.41) is 3.76. The van der Waals surface area contributed by atoms with Crippen LogP contribution >= 0.6 is 11.6 Å². The zero-order valence-corrected chi connectivity index (χ0v) is 16.6. The van der Waals surface area contributed by atoms with Gasteiger partial charge in [-0.1, -0.05) is 35.9 Å². The Kier molecular flexibility index (Phi) is 4.74. The zero-order valence-electron chi connectivity index (χ0n) is 15.0. The lowest BCUT2D eigenvalue weighted by atomic mass is 9.99. The highest BCUT2D eigenvalue weighted by Crippen LogP contribution is 2.48. The van der Waals surface area contributed by atoms with Gasteiger partial charge in [0.05, 0.1) is 6.26 Å². The lowest BCUT2D eigenvalue weighted by molar-refractivity contribution is -0.117. The van der Waals surface area contributed by atoms with Crippen LogP contribution in [0.4, 0.5) is 5.69 Å². The van der Waals surface area contributed by atoms with Crippen molar-refractivity contribution in [2.45, 2.75) is 25.3 Å². The van der Waals surface area contributed by atoms with E-state index in [2.05, 4.69) is 5.32 Å². The molecule has 0 bridgehead atoms. The predicted molar refractivity (Wildman–Crippen MR) is 106 cm³/mol. The molecule has 1 aliphatic heterocycles. The largest absolute Gasteiger partial charge is 0.326 e. The number of hydrogen-bond donors (Lipinski definition) is 1. The molecule has 2 unspecified atom stereocenters. The molecule has 2 aromatic carbocycles. The fourth-order valence-corrected chi connectivity index (χ4v) is 4.69. The van der Waals surface area contributed by atoms with Gasteiger partial charge in [-0.15, -0.1) is 0 Å². The highest BCUT2D eigenvalue weighted by Gasteiger charge is 2.44. The summed E-state index contributed by atoms with van der Waals surface area (Å²) in [5.74, 6) is 0.231. The van der Waals surface area contributed by atoms with Crippen LogP contribution in [0.25, 0.3) is 0 Å². The van der Waals surface area contributed by atoms with E-state index in [-0.39, 0.29) is 17.7 Å². The van der Waals surface area contributed by atoms with E-state index in [1.54, 1.807) is 0 Å². The number of hydrogen-bond acceptors (Lipinski definition) is 3. The fourth-order valence-electron chi connectivity index (χ4n) is 3.77. The number of rotatable bonds is 4. The minimum atomic E-state index is -3.21. The van der Waals surface area contributed by atoms with Crippen LogP contribution in [-0.4, -0.2) is 31.4 Å². The van der Waals surface area contributed by atoms with E-state index in [9.17, 15) is 13.2 Å². The number of nitrogens with zero attached hydrogens (tertiary/aromatic N) is 1. The maximum Gasteiger partial charge on any atom is 0.228 e. The van der Waals surface area contributed by atoms with Crippen LogP contribution in [0.15, 0.2) is 42.5 Å². The molecular formula is C20H21ClN2O3S. The Morgan fingerprint density at radius 2 is 1.93 bits per heavy atom. The van der Waals surface area contributed by atoms with Crippen LogP contribution in [-0.2, 0) is 27.8 Å². The van der Waals surface area contributed by atoms with Crippen molar-refractivity contribution in [3.63, 3.8) is 0 Å². The molecule has 0 saturated heterocycles. The van der Waals surface area contributed by atoms with E-state index in [0.717, 1.165) is 28.8 Å². The summed E-state index contributed by atoms with van der Waals surface area (Å²) in [5.41, 5.74) is 3.93. The van der Waals surface area contributed by atoms with Gasteiger partial charge >= 0.3 is 0 Å². The van der Waals surface area contributed by atoms with E-state index in [0.29, 0.717) is 24.5 Å². The quantitative estimate of drug-likeness (QED) is 0.849. The van der Waals surface area contributed by atoms with Crippen LogP contribution in [0.1, 0.15) is 29.0 Å². The molecule has 0 radical (unpaired) electrons. The second-order valence-electron chi connectivity index (χ2n) is 7.28. The monoisotopic (exact) mass is 404 g/mol. The number of fused-ring (bicyclic) bond motifs is 1. The number of nitrogens with one attached hydrogen (secondary N) is 1. The Hall–Kier alpha value is -1.89. The Labute approximate surface area is 164 Å². The van der Waals surface area contributed by atoms with Crippen molar-refractivity contribution in [3.8, 4) is 0 Å². The topological polar surface area (TPSA) is 66.5 Å². The average Bonchev–Trinajstić information content (AvgIpc) is 3.42. The van der Waals surface area contributed by atoms with Crippen LogP contribution in [0.5, 0.6) is 0 Å². The molecule has 142 valence electrons. The Morgan fingerprint density at radius 3 is 2.63 bits per heavy atom. The molecule has 4 rings (SSSR count). The molecule has 1 aliphatic carbocycles. The third-order valence-corrected chi connectivity index (χ3v) is 6.88. The SMILES string of the molecule is CS(=O)(=O)N1CCc2c(cccc2NC(=O)C2CC2c2ccc(Cl)cc2)C1. The zero-order chi connectivity index (χ0) is 19.2. The normalized spacial score (nSPS) is 22.1. The van der Waals surface area contributed by atoms with Gasteiger partial charge in [0.15, 0.2) is 0 Å². The first-order chi connectivity index (χ1) is 12.8. The molecule has 0 spiro atoms. The Morgan fingerprint density at radius 1 is 1.19 bits per heavy atom. The Bertz CT molecular complexity index is 989. The van der Waals surface area contributed by atoms with Crippen molar-refractivity contribution in [2.75, 3.05) is 18.1 Å². The van der Waals surface area contributed by atoms with E-state index in [4.69, 9.17) is 11.6 Å². The summed E-state index contributed by atoms with van der Waals surface area (Å²) in [6, 6.07) is 13.3. The maximum absolute atomic E-state index is 12.7. The van der Waals surface area contributed by atoms with Gasteiger partial charge in [-0.3, -0.25) is 4.79 Å². The van der Waals surface area contributed by atoms with E-state index in [1.165, 1.54) is 10.6 Å². The van der Waals surface area contributed by atoms with Crippen LogP contribution in [0.2, 0.25) is 5.02 Å². The summed E-state index contributed by atoms with van der Waals surface area (Å²) in [4.78, 5) is 12.7. The lowest BCUT2D eigenvalue weighted by Crippen LogP contribution is -2.35. The van der Waals surface area contributed by atoms with E-state index < -0.39 is 10.0 Å². The minimum absolute atomic E-state index is 0.0221. The molecule has 1 N–H and O–H groups in total. The molecule has 7 heteroatoms. The first-order valence-electron chi connectivity index (χ1n) is 8.95. The van der Waals surface area contributed by atoms with Gasteiger partial charge in [-0.05, 0) is 53.6 Å². The minimum Gasteiger partial charge on any atom is -0.326 e. The summed E-state index contributed by atoms with van der Waals surface area (Å²) in [6.45, 7) is 0.796.